The zero-order valence-electron chi connectivity index (χ0n) is 21.9. The van der Waals surface area contributed by atoms with Crippen molar-refractivity contribution in [1.82, 2.24) is 4.90 Å². The molecule has 4 bridgehead atoms. The summed E-state index contributed by atoms with van der Waals surface area (Å²) in [7, 11) is 1.82. The van der Waals surface area contributed by atoms with Crippen molar-refractivity contribution in [2.24, 2.45) is 16.7 Å². The molecule has 0 radical (unpaired) electrons. The van der Waals surface area contributed by atoms with Crippen LogP contribution in [0.1, 0.15) is 84.3 Å². The van der Waals surface area contributed by atoms with Gasteiger partial charge in [-0.3, -0.25) is 4.90 Å². The molecule has 1 saturated heterocycles. The number of likely N-dealkylation sites (tertiary alicyclic amines) is 1. The van der Waals surface area contributed by atoms with E-state index in [1.807, 2.05) is 20.1 Å². The molecule has 1 aromatic carbocycles. The number of hydrogen-bond acceptors (Lipinski definition) is 5. The van der Waals surface area contributed by atoms with Crippen LogP contribution in [0, 0.1) is 16.7 Å². The number of aromatic hydroxyl groups is 1. The number of piperidine rings is 1. The van der Waals surface area contributed by atoms with E-state index in [1.54, 1.807) is 0 Å². The summed E-state index contributed by atoms with van der Waals surface area (Å²) in [4.78, 5) is 2.77. The maximum absolute atomic E-state index is 12.2. The first-order chi connectivity index (χ1) is 16.0. The molecule has 188 valence electrons. The fourth-order valence-corrected chi connectivity index (χ4v) is 9.36. The van der Waals surface area contributed by atoms with Crippen LogP contribution in [-0.4, -0.2) is 58.7 Å². The third kappa shape index (κ3) is 2.38. The molecule has 2 N–H and O–H groups in total. The van der Waals surface area contributed by atoms with E-state index in [4.69, 9.17) is 9.47 Å². The number of ether oxygens (including phenoxy) is 2. The maximum Gasteiger partial charge on any atom is 0.165 e. The zero-order valence-corrected chi connectivity index (χ0v) is 21.9. The highest BCUT2D eigenvalue weighted by atomic mass is 16.6. The van der Waals surface area contributed by atoms with Gasteiger partial charge in [0.15, 0.2) is 11.5 Å². The molecule has 2 aliphatic heterocycles. The number of nitrogens with zero attached hydrogens (tertiary/aromatic N) is 1. The van der Waals surface area contributed by atoms with E-state index in [9.17, 15) is 10.2 Å². The molecule has 6 aliphatic rings. The van der Waals surface area contributed by atoms with Gasteiger partial charge in [0.2, 0.25) is 0 Å². The lowest BCUT2D eigenvalue weighted by molar-refractivity contribution is -0.312. The summed E-state index contributed by atoms with van der Waals surface area (Å²) in [5, 5.41) is 23.1. The van der Waals surface area contributed by atoms with Crippen LogP contribution in [0.5, 0.6) is 11.5 Å². The van der Waals surface area contributed by atoms with E-state index < -0.39 is 11.2 Å². The largest absolute Gasteiger partial charge is 0.504 e. The van der Waals surface area contributed by atoms with Crippen molar-refractivity contribution in [3.05, 3.63) is 23.3 Å². The van der Waals surface area contributed by atoms with E-state index in [1.165, 1.54) is 24.0 Å². The molecule has 34 heavy (non-hydrogen) atoms. The molecular weight excluding hydrogens is 426 g/mol. The van der Waals surface area contributed by atoms with E-state index in [0.29, 0.717) is 11.8 Å². The van der Waals surface area contributed by atoms with E-state index in [-0.39, 0.29) is 34.0 Å². The Hall–Kier alpha value is -1.30. The normalized spacial score (nSPS) is 41.7. The van der Waals surface area contributed by atoms with Crippen LogP contribution in [-0.2, 0) is 16.6 Å². The van der Waals surface area contributed by atoms with Gasteiger partial charge < -0.3 is 19.7 Å². The number of aliphatic hydroxyl groups is 1. The maximum atomic E-state index is 12.2. The summed E-state index contributed by atoms with van der Waals surface area (Å²) in [6.07, 6.45) is 7.24. The number of methoxy groups -OCH3 is 1. The standard InChI is InChI=1S/C29H43NO4/c1-7-8-14-30-15-13-28-22-18-9-10-19(31)23(22)34-24(28)29(33-6)12-11-27(28,21(30)16-18)17-20(29)26(5,32)25(2,3)4/h9-10,20-21,24,31-32H,7-8,11-17H2,1-6H3/t20-,21-,24-,26?,27?,28+,29-/m1/s1. The minimum atomic E-state index is -0.916. The first-order valence-electron chi connectivity index (χ1n) is 13.5. The number of phenolic OH excluding ortho intramolecular Hbond substituents is 1. The first kappa shape index (κ1) is 23.1. The number of unbranched alkanes of at least 4 members (excludes halogenated alkanes) is 1. The second-order valence-electron chi connectivity index (χ2n) is 13.2. The zero-order chi connectivity index (χ0) is 24.3. The Balaban J connectivity index is 1.60. The third-order valence-corrected chi connectivity index (χ3v) is 11.5. The van der Waals surface area contributed by atoms with Crippen molar-refractivity contribution in [2.75, 3.05) is 20.2 Å². The number of rotatable bonds is 5. The van der Waals surface area contributed by atoms with Crippen LogP contribution in [0.4, 0.5) is 0 Å². The van der Waals surface area contributed by atoms with Crippen LogP contribution in [0.25, 0.3) is 0 Å². The predicted molar refractivity (Wildman–Crippen MR) is 132 cm³/mol. The Kier molecular flexibility index (Phi) is 4.71. The van der Waals surface area contributed by atoms with Crippen molar-refractivity contribution < 1.29 is 19.7 Å². The van der Waals surface area contributed by atoms with Crippen molar-refractivity contribution in [1.29, 1.82) is 0 Å². The average molecular weight is 470 g/mol. The lowest BCUT2D eigenvalue weighted by atomic mass is 9.33. The molecule has 7 atom stereocenters. The van der Waals surface area contributed by atoms with Gasteiger partial charge in [0.1, 0.15) is 11.7 Å². The highest BCUT2D eigenvalue weighted by Crippen LogP contribution is 2.77. The highest BCUT2D eigenvalue weighted by molar-refractivity contribution is 5.63. The molecule has 2 heterocycles. The average Bonchev–Trinajstić information content (AvgIpc) is 3.16. The second kappa shape index (κ2) is 6.92. The van der Waals surface area contributed by atoms with Gasteiger partial charge in [-0.25, -0.2) is 0 Å². The van der Waals surface area contributed by atoms with Crippen LogP contribution in [0.2, 0.25) is 0 Å². The topological polar surface area (TPSA) is 62.2 Å². The van der Waals surface area contributed by atoms with Gasteiger partial charge in [0.25, 0.3) is 0 Å². The number of fused-ring (bicyclic) bond motifs is 2. The molecule has 1 aromatic rings. The van der Waals surface area contributed by atoms with E-state index in [0.717, 1.165) is 45.2 Å². The minimum absolute atomic E-state index is 0.0237. The number of hydrogen-bond donors (Lipinski definition) is 2. The Labute approximate surface area is 204 Å². The minimum Gasteiger partial charge on any atom is -0.504 e. The van der Waals surface area contributed by atoms with Gasteiger partial charge in [0.05, 0.1) is 5.60 Å². The molecular formula is C29H43NO4. The first-order valence-corrected chi connectivity index (χ1v) is 13.5. The molecule has 2 spiro atoms. The molecule has 7 rings (SSSR count). The fourth-order valence-electron chi connectivity index (χ4n) is 9.36. The smallest absolute Gasteiger partial charge is 0.165 e. The van der Waals surface area contributed by atoms with Crippen LogP contribution in [0.15, 0.2) is 12.1 Å². The second-order valence-corrected chi connectivity index (χ2v) is 13.2. The molecule has 0 aromatic heterocycles. The Bertz CT molecular complexity index is 1010. The summed E-state index contributed by atoms with van der Waals surface area (Å²) < 4.78 is 13.4. The molecule has 3 saturated carbocycles. The van der Waals surface area contributed by atoms with Crippen molar-refractivity contribution in [3.63, 3.8) is 0 Å². The monoisotopic (exact) mass is 469 g/mol. The lowest BCUT2D eigenvalue weighted by Crippen LogP contribution is -2.83. The SMILES string of the molecule is CCCCN1CC[C@]23c4c5ccc(O)c4O[C@H]2[C@@]2(OC)CCC3(C[C@@H]2C(C)(O)C(C)(C)C)[C@H]1C5. The van der Waals surface area contributed by atoms with Gasteiger partial charge in [-0.2, -0.15) is 0 Å². The highest BCUT2D eigenvalue weighted by Gasteiger charge is 2.82. The summed E-state index contributed by atoms with van der Waals surface area (Å²) in [5.74, 6) is 0.921. The lowest BCUT2D eigenvalue weighted by Gasteiger charge is -2.75. The van der Waals surface area contributed by atoms with Crippen molar-refractivity contribution >= 4 is 0 Å². The fraction of sp³-hybridized carbons (Fsp3) is 0.793. The van der Waals surface area contributed by atoms with Crippen LogP contribution < -0.4 is 4.74 Å². The van der Waals surface area contributed by atoms with Gasteiger partial charge >= 0.3 is 0 Å². The number of phenols is 1. The van der Waals surface area contributed by atoms with Gasteiger partial charge in [-0.1, -0.05) is 40.2 Å². The van der Waals surface area contributed by atoms with Gasteiger partial charge in [-0.05, 0) is 75.6 Å². The van der Waals surface area contributed by atoms with Crippen LogP contribution in [0.3, 0.4) is 0 Å². The molecule has 4 fully saturated rings. The molecule has 5 heteroatoms. The summed E-state index contributed by atoms with van der Waals surface area (Å²) in [5.41, 5.74) is 0.713. The van der Waals surface area contributed by atoms with Gasteiger partial charge in [0, 0.05) is 35.5 Å². The van der Waals surface area contributed by atoms with E-state index >= 15 is 0 Å². The van der Waals surface area contributed by atoms with Crippen molar-refractivity contribution in [3.8, 4) is 11.5 Å². The third-order valence-electron chi connectivity index (χ3n) is 11.5. The van der Waals surface area contributed by atoms with Crippen molar-refractivity contribution in [2.45, 2.75) is 108 Å². The predicted octanol–water partition coefficient (Wildman–Crippen LogP) is 4.80. The summed E-state index contributed by atoms with van der Waals surface area (Å²) in [6.45, 7) is 13.0. The Morgan fingerprint density at radius 3 is 2.62 bits per heavy atom. The Morgan fingerprint density at radius 2 is 1.94 bits per heavy atom. The molecule has 2 unspecified atom stereocenters. The molecule has 5 nitrogen and oxygen atoms in total. The Morgan fingerprint density at radius 1 is 1.18 bits per heavy atom. The van der Waals surface area contributed by atoms with E-state index in [2.05, 4.69) is 38.7 Å². The van der Waals surface area contributed by atoms with Gasteiger partial charge in [-0.15, -0.1) is 0 Å². The summed E-state index contributed by atoms with van der Waals surface area (Å²) >= 11 is 0. The summed E-state index contributed by atoms with van der Waals surface area (Å²) in [6, 6.07) is 4.42. The molecule has 0 amide bonds. The quantitative estimate of drug-likeness (QED) is 0.648. The molecule has 4 aliphatic carbocycles. The van der Waals surface area contributed by atoms with Crippen LogP contribution >= 0.6 is 0 Å². The number of benzene rings is 1.